The number of aromatic nitrogens is 3. The number of piperidine rings is 1. The molecule has 142 valence electrons. The second-order valence-electron chi connectivity index (χ2n) is 6.80. The second kappa shape index (κ2) is 7.56. The van der Waals surface area contributed by atoms with Gasteiger partial charge in [0.25, 0.3) is 0 Å². The maximum absolute atomic E-state index is 12.2. The van der Waals surface area contributed by atoms with Gasteiger partial charge in [0.2, 0.25) is 5.91 Å². The zero-order valence-electron chi connectivity index (χ0n) is 15.4. The fourth-order valence-corrected chi connectivity index (χ4v) is 4.06. The van der Waals surface area contributed by atoms with Gasteiger partial charge < -0.3 is 4.90 Å². The molecule has 0 N–H and O–H groups in total. The van der Waals surface area contributed by atoms with Gasteiger partial charge in [-0.3, -0.25) is 9.78 Å². The minimum Gasteiger partial charge on any atom is -0.339 e. The minimum atomic E-state index is -3.46. The van der Waals surface area contributed by atoms with Crippen LogP contribution in [-0.4, -0.2) is 53.5 Å². The number of likely N-dealkylation sites (tertiary alicyclic amines) is 1. The zero-order valence-corrected chi connectivity index (χ0v) is 16.2. The van der Waals surface area contributed by atoms with Crippen molar-refractivity contribution in [2.24, 2.45) is 0 Å². The van der Waals surface area contributed by atoms with Crippen LogP contribution in [0.3, 0.4) is 0 Å². The highest BCUT2D eigenvalue weighted by atomic mass is 32.2. The molecule has 0 atom stereocenters. The molecular weight excluding hydrogens is 364 g/mol. The van der Waals surface area contributed by atoms with Gasteiger partial charge in [-0.05, 0) is 31.9 Å². The zero-order chi connectivity index (χ0) is 19.6. The van der Waals surface area contributed by atoms with E-state index in [1.807, 2.05) is 6.07 Å². The van der Waals surface area contributed by atoms with E-state index in [4.69, 9.17) is 0 Å². The molecule has 0 radical (unpaired) electrons. The molecule has 0 bridgehead atoms. The van der Waals surface area contributed by atoms with Crippen LogP contribution in [0.1, 0.15) is 31.4 Å². The van der Waals surface area contributed by atoms with Gasteiger partial charge in [0, 0.05) is 55.0 Å². The van der Waals surface area contributed by atoms with Crippen LogP contribution in [0.2, 0.25) is 0 Å². The molecule has 3 heterocycles. The summed E-state index contributed by atoms with van der Waals surface area (Å²) in [6.45, 7) is 6.49. The average molecular weight is 386 g/mol. The molecule has 0 aromatic carbocycles. The van der Waals surface area contributed by atoms with Crippen LogP contribution < -0.4 is 0 Å². The first kappa shape index (κ1) is 19.2. The molecule has 0 aliphatic carbocycles. The quantitative estimate of drug-likeness (QED) is 0.748. The van der Waals surface area contributed by atoms with Crippen molar-refractivity contribution >= 4 is 15.7 Å². The maximum atomic E-state index is 12.2. The largest absolute Gasteiger partial charge is 0.339 e. The average Bonchev–Trinajstić information content (AvgIpc) is 2.67. The molecule has 1 amide bonds. The third kappa shape index (κ3) is 4.21. The molecule has 1 saturated heterocycles. The summed E-state index contributed by atoms with van der Waals surface area (Å²) in [7, 11) is -3.46. The summed E-state index contributed by atoms with van der Waals surface area (Å²) in [5.74, 6) is 0.337. The summed E-state index contributed by atoms with van der Waals surface area (Å²) < 4.78 is 24.5. The first-order valence-corrected chi connectivity index (χ1v) is 10.6. The molecule has 8 heteroatoms. The highest BCUT2D eigenvalue weighted by molar-refractivity contribution is 7.90. The predicted molar refractivity (Wildman–Crippen MR) is 102 cm³/mol. The number of rotatable bonds is 4. The van der Waals surface area contributed by atoms with Crippen molar-refractivity contribution in [3.05, 3.63) is 48.6 Å². The Bertz CT molecular complexity index is 966. The molecular formula is C19H22N4O3S. The second-order valence-corrected chi connectivity index (χ2v) is 8.79. The van der Waals surface area contributed by atoms with Gasteiger partial charge in [-0.15, -0.1) is 0 Å². The van der Waals surface area contributed by atoms with Crippen LogP contribution in [0.15, 0.2) is 47.8 Å². The van der Waals surface area contributed by atoms with E-state index in [0.29, 0.717) is 43.0 Å². The van der Waals surface area contributed by atoms with Gasteiger partial charge in [0.15, 0.2) is 15.7 Å². The van der Waals surface area contributed by atoms with Crippen LogP contribution >= 0.6 is 0 Å². The van der Waals surface area contributed by atoms with E-state index in [1.165, 1.54) is 12.5 Å². The lowest BCUT2D eigenvalue weighted by atomic mass is 9.93. The number of carbonyl (C=O) groups is 1. The molecule has 0 spiro atoms. The van der Waals surface area contributed by atoms with Crippen LogP contribution in [0, 0.1) is 0 Å². The highest BCUT2D eigenvalue weighted by Gasteiger charge is 2.29. The number of sulfone groups is 1. The SMILES string of the molecule is C=C(C)C(=O)N1CCC(c2nc(-c3cccnc3)ncc2S(C)(=O)=O)CC1. The standard InChI is InChI=1S/C19H22N4O3S/c1-13(2)19(24)23-9-6-14(7-10-23)17-16(27(3,25)26)12-21-18(22-17)15-5-4-8-20-11-15/h4-5,8,11-12,14H,1,6-7,9-10H2,2-3H3. The Hall–Kier alpha value is -2.61. The van der Waals surface area contributed by atoms with E-state index >= 15 is 0 Å². The summed E-state index contributed by atoms with van der Waals surface area (Å²) in [4.78, 5) is 26.9. The summed E-state index contributed by atoms with van der Waals surface area (Å²) >= 11 is 0. The van der Waals surface area contributed by atoms with Gasteiger partial charge in [-0.1, -0.05) is 6.58 Å². The van der Waals surface area contributed by atoms with E-state index in [1.54, 1.807) is 30.3 Å². The number of hydrogen-bond donors (Lipinski definition) is 0. The molecule has 1 fully saturated rings. The minimum absolute atomic E-state index is 0.0534. The molecule has 1 aliphatic rings. The molecule has 2 aromatic heterocycles. The fraction of sp³-hybridized carbons (Fsp3) is 0.368. The Balaban J connectivity index is 1.94. The molecule has 3 rings (SSSR count). The summed E-state index contributed by atoms with van der Waals surface area (Å²) in [6, 6.07) is 3.62. The number of carbonyl (C=O) groups excluding carboxylic acids is 1. The van der Waals surface area contributed by atoms with Gasteiger partial charge in [0.05, 0.1) is 5.69 Å². The Morgan fingerprint density at radius 2 is 1.96 bits per heavy atom. The molecule has 7 nitrogen and oxygen atoms in total. The lowest BCUT2D eigenvalue weighted by Crippen LogP contribution is -2.38. The molecule has 27 heavy (non-hydrogen) atoms. The van der Waals surface area contributed by atoms with Crippen molar-refractivity contribution in [1.82, 2.24) is 19.9 Å². The van der Waals surface area contributed by atoms with Crippen molar-refractivity contribution in [2.45, 2.75) is 30.6 Å². The van der Waals surface area contributed by atoms with Gasteiger partial charge in [-0.2, -0.15) is 0 Å². The highest BCUT2D eigenvalue weighted by Crippen LogP contribution is 2.32. The van der Waals surface area contributed by atoms with E-state index in [9.17, 15) is 13.2 Å². The van der Waals surface area contributed by atoms with Crippen molar-refractivity contribution in [2.75, 3.05) is 19.3 Å². The monoisotopic (exact) mass is 386 g/mol. The van der Waals surface area contributed by atoms with Crippen molar-refractivity contribution in [3.63, 3.8) is 0 Å². The van der Waals surface area contributed by atoms with E-state index in [0.717, 1.165) is 5.56 Å². The number of hydrogen-bond acceptors (Lipinski definition) is 6. The molecule has 0 unspecified atom stereocenters. The lowest BCUT2D eigenvalue weighted by molar-refractivity contribution is -0.128. The van der Waals surface area contributed by atoms with Gasteiger partial charge >= 0.3 is 0 Å². The van der Waals surface area contributed by atoms with Crippen molar-refractivity contribution in [1.29, 1.82) is 0 Å². The summed E-state index contributed by atoms with van der Waals surface area (Å²) in [5.41, 5.74) is 1.76. The van der Waals surface area contributed by atoms with E-state index in [-0.39, 0.29) is 16.7 Å². The van der Waals surface area contributed by atoms with Crippen LogP contribution in [-0.2, 0) is 14.6 Å². The lowest BCUT2D eigenvalue weighted by Gasteiger charge is -2.32. The number of pyridine rings is 1. The van der Waals surface area contributed by atoms with Crippen LogP contribution in [0.4, 0.5) is 0 Å². The number of nitrogens with zero attached hydrogens (tertiary/aromatic N) is 4. The maximum Gasteiger partial charge on any atom is 0.248 e. The van der Waals surface area contributed by atoms with Gasteiger partial charge in [0.1, 0.15) is 4.90 Å². The summed E-state index contributed by atoms with van der Waals surface area (Å²) in [6.07, 6.45) is 7.14. The van der Waals surface area contributed by atoms with Crippen molar-refractivity contribution < 1.29 is 13.2 Å². The Morgan fingerprint density at radius 1 is 1.26 bits per heavy atom. The molecule has 2 aromatic rings. The fourth-order valence-electron chi connectivity index (χ4n) is 3.22. The van der Waals surface area contributed by atoms with Crippen molar-refractivity contribution in [3.8, 4) is 11.4 Å². The molecule has 1 aliphatic heterocycles. The van der Waals surface area contributed by atoms with E-state index in [2.05, 4.69) is 21.5 Å². The normalized spacial score (nSPS) is 15.6. The Morgan fingerprint density at radius 3 is 2.52 bits per heavy atom. The first-order valence-electron chi connectivity index (χ1n) is 8.69. The third-order valence-corrected chi connectivity index (χ3v) is 5.75. The van der Waals surface area contributed by atoms with E-state index < -0.39 is 9.84 Å². The molecule has 0 saturated carbocycles. The topological polar surface area (TPSA) is 93.1 Å². The van der Waals surface area contributed by atoms with Crippen LogP contribution in [0.25, 0.3) is 11.4 Å². The van der Waals surface area contributed by atoms with Gasteiger partial charge in [-0.25, -0.2) is 18.4 Å². The Kier molecular flexibility index (Phi) is 5.36. The van der Waals surface area contributed by atoms with Crippen LogP contribution in [0.5, 0.6) is 0 Å². The third-order valence-electron chi connectivity index (χ3n) is 4.64. The predicted octanol–water partition coefficient (Wildman–Crippen LogP) is 2.22. The Labute approximate surface area is 159 Å². The number of amides is 1. The summed E-state index contributed by atoms with van der Waals surface area (Å²) in [5, 5.41) is 0. The smallest absolute Gasteiger partial charge is 0.248 e. The first-order chi connectivity index (χ1) is 12.8.